The van der Waals surface area contributed by atoms with E-state index in [-0.39, 0.29) is 12.0 Å². The van der Waals surface area contributed by atoms with E-state index in [9.17, 15) is 4.79 Å². The molecule has 128 valence electrons. The summed E-state index contributed by atoms with van der Waals surface area (Å²) in [6.07, 6.45) is 3.28. The average molecular weight is 323 g/mol. The van der Waals surface area contributed by atoms with Crippen LogP contribution in [0.2, 0.25) is 0 Å². The Kier molecular flexibility index (Phi) is 6.52. The normalized spacial score (nSPS) is 16.9. The van der Waals surface area contributed by atoms with E-state index in [4.69, 9.17) is 18.9 Å². The lowest BCUT2D eigenvalue weighted by atomic mass is 10.1. The Morgan fingerprint density at radius 3 is 2.43 bits per heavy atom. The van der Waals surface area contributed by atoms with Crippen LogP contribution in [0.3, 0.4) is 0 Å². The van der Waals surface area contributed by atoms with Gasteiger partial charge < -0.3 is 24.3 Å². The third-order valence-electron chi connectivity index (χ3n) is 3.92. The van der Waals surface area contributed by atoms with Gasteiger partial charge in [-0.15, -0.1) is 0 Å². The number of methoxy groups -OCH3 is 3. The minimum atomic E-state index is 0.0225. The molecule has 1 fully saturated rings. The SMILES string of the molecule is COc1cc(CCC(=O)NC[C@@H]2CCCO2)cc(OC)c1OC. The van der Waals surface area contributed by atoms with Crippen LogP contribution in [0.25, 0.3) is 0 Å². The fourth-order valence-electron chi connectivity index (χ4n) is 2.66. The van der Waals surface area contributed by atoms with Crippen LogP contribution in [0.4, 0.5) is 0 Å². The standard InChI is InChI=1S/C17H25NO5/c1-20-14-9-12(10-15(21-2)17(14)22-3)6-7-16(19)18-11-13-5-4-8-23-13/h9-10,13H,4-8,11H2,1-3H3,(H,18,19)/t13-/m0/s1. The maximum Gasteiger partial charge on any atom is 0.220 e. The summed E-state index contributed by atoms with van der Waals surface area (Å²) >= 11 is 0. The van der Waals surface area contributed by atoms with Crippen LogP contribution in [-0.2, 0) is 16.0 Å². The molecular weight excluding hydrogens is 298 g/mol. The van der Waals surface area contributed by atoms with Crippen LogP contribution in [0.1, 0.15) is 24.8 Å². The third-order valence-corrected chi connectivity index (χ3v) is 3.92. The van der Waals surface area contributed by atoms with Crippen LogP contribution in [-0.4, -0.2) is 46.5 Å². The molecule has 1 aliphatic heterocycles. The highest BCUT2D eigenvalue weighted by Gasteiger charge is 2.17. The minimum Gasteiger partial charge on any atom is -0.493 e. The molecule has 1 aliphatic rings. The van der Waals surface area contributed by atoms with Gasteiger partial charge in [0.15, 0.2) is 11.5 Å². The van der Waals surface area contributed by atoms with Gasteiger partial charge in [0.1, 0.15) is 0 Å². The van der Waals surface area contributed by atoms with Gasteiger partial charge in [0.25, 0.3) is 0 Å². The molecule has 6 heteroatoms. The molecule has 0 radical (unpaired) electrons. The summed E-state index contributed by atoms with van der Waals surface area (Å²) in [5, 5.41) is 2.92. The zero-order valence-electron chi connectivity index (χ0n) is 14.0. The van der Waals surface area contributed by atoms with E-state index in [1.807, 2.05) is 12.1 Å². The molecule has 0 aromatic heterocycles. The molecule has 0 bridgehead atoms. The van der Waals surface area contributed by atoms with Crippen LogP contribution in [0, 0.1) is 0 Å². The second-order valence-electron chi connectivity index (χ2n) is 5.47. The van der Waals surface area contributed by atoms with Gasteiger partial charge >= 0.3 is 0 Å². The molecular formula is C17H25NO5. The van der Waals surface area contributed by atoms with E-state index in [0.29, 0.717) is 36.6 Å². The molecule has 1 heterocycles. The largest absolute Gasteiger partial charge is 0.493 e. The number of carbonyl (C=O) groups excluding carboxylic acids is 1. The van der Waals surface area contributed by atoms with Gasteiger partial charge in [0.2, 0.25) is 11.7 Å². The maximum atomic E-state index is 12.0. The summed E-state index contributed by atoms with van der Waals surface area (Å²) in [5.41, 5.74) is 0.965. The number of hydrogen-bond acceptors (Lipinski definition) is 5. The van der Waals surface area contributed by atoms with E-state index in [2.05, 4.69) is 5.32 Å². The first-order chi connectivity index (χ1) is 11.2. The number of rotatable bonds is 8. The molecule has 1 atom stereocenters. The Bertz CT molecular complexity index is 501. The average Bonchev–Trinajstić information content (AvgIpc) is 3.10. The lowest BCUT2D eigenvalue weighted by Crippen LogP contribution is -2.31. The summed E-state index contributed by atoms with van der Waals surface area (Å²) < 4.78 is 21.4. The highest BCUT2D eigenvalue weighted by molar-refractivity contribution is 5.76. The van der Waals surface area contributed by atoms with Crippen molar-refractivity contribution in [1.82, 2.24) is 5.32 Å². The van der Waals surface area contributed by atoms with Crippen LogP contribution in [0.5, 0.6) is 17.2 Å². The zero-order chi connectivity index (χ0) is 16.7. The smallest absolute Gasteiger partial charge is 0.220 e. The number of ether oxygens (including phenoxy) is 4. The first-order valence-electron chi connectivity index (χ1n) is 7.85. The third kappa shape index (κ3) is 4.76. The highest BCUT2D eigenvalue weighted by atomic mass is 16.5. The quantitative estimate of drug-likeness (QED) is 0.792. The topological polar surface area (TPSA) is 66.0 Å². The Balaban J connectivity index is 1.90. The van der Waals surface area contributed by atoms with Gasteiger partial charge in [0, 0.05) is 19.6 Å². The number of nitrogens with one attached hydrogen (secondary N) is 1. The van der Waals surface area contributed by atoms with Crippen LogP contribution < -0.4 is 19.5 Å². The van der Waals surface area contributed by atoms with Crippen LogP contribution in [0.15, 0.2) is 12.1 Å². The second-order valence-corrected chi connectivity index (χ2v) is 5.47. The fourth-order valence-corrected chi connectivity index (χ4v) is 2.66. The Labute approximate surface area is 137 Å². The molecule has 1 amide bonds. The van der Waals surface area contributed by atoms with Gasteiger partial charge in [0.05, 0.1) is 27.4 Å². The molecule has 0 saturated carbocycles. The maximum absolute atomic E-state index is 12.0. The highest BCUT2D eigenvalue weighted by Crippen LogP contribution is 2.38. The predicted molar refractivity (Wildman–Crippen MR) is 86.4 cm³/mol. The minimum absolute atomic E-state index is 0.0225. The summed E-state index contributed by atoms with van der Waals surface area (Å²) in [5.74, 6) is 1.78. The molecule has 1 aromatic rings. The first-order valence-corrected chi connectivity index (χ1v) is 7.85. The van der Waals surface area contributed by atoms with E-state index in [1.54, 1.807) is 21.3 Å². The van der Waals surface area contributed by atoms with Crippen molar-refractivity contribution in [1.29, 1.82) is 0 Å². The molecule has 2 rings (SSSR count). The van der Waals surface area contributed by atoms with Crippen molar-refractivity contribution in [2.45, 2.75) is 31.8 Å². The second kappa shape index (κ2) is 8.62. The van der Waals surface area contributed by atoms with Crippen molar-refractivity contribution in [3.05, 3.63) is 17.7 Å². The molecule has 1 saturated heterocycles. The zero-order valence-corrected chi connectivity index (χ0v) is 14.0. The number of benzene rings is 1. The monoisotopic (exact) mass is 323 g/mol. The van der Waals surface area contributed by atoms with Crippen molar-refractivity contribution in [3.63, 3.8) is 0 Å². The van der Waals surface area contributed by atoms with E-state index >= 15 is 0 Å². The van der Waals surface area contributed by atoms with Crippen molar-refractivity contribution in [3.8, 4) is 17.2 Å². The predicted octanol–water partition coefficient (Wildman–Crippen LogP) is 1.94. The lowest BCUT2D eigenvalue weighted by molar-refractivity contribution is -0.121. The van der Waals surface area contributed by atoms with Crippen molar-refractivity contribution in [2.75, 3.05) is 34.5 Å². The number of carbonyl (C=O) groups is 1. The molecule has 0 aliphatic carbocycles. The summed E-state index contributed by atoms with van der Waals surface area (Å²) in [7, 11) is 4.73. The molecule has 23 heavy (non-hydrogen) atoms. The van der Waals surface area contributed by atoms with Crippen molar-refractivity contribution < 1.29 is 23.7 Å². The van der Waals surface area contributed by atoms with Crippen molar-refractivity contribution >= 4 is 5.91 Å². The first kappa shape index (κ1) is 17.4. The van der Waals surface area contributed by atoms with Crippen molar-refractivity contribution in [2.24, 2.45) is 0 Å². The summed E-state index contributed by atoms with van der Waals surface area (Å²) in [4.78, 5) is 12.0. The lowest BCUT2D eigenvalue weighted by Gasteiger charge is -2.14. The van der Waals surface area contributed by atoms with Gasteiger partial charge in [-0.2, -0.15) is 0 Å². The van der Waals surface area contributed by atoms with Gasteiger partial charge in [-0.1, -0.05) is 0 Å². The number of amides is 1. The van der Waals surface area contributed by atoms with Gasteiger partial charge in [-0.05, 0) is 37.0 Å². The molecule has 1 aromatic carbocycles. The Morgan fingerprint density at radius 2 is 1.91 bits per heavy atom. The number of hydrogen-bond donors (Lipinski definition) is 1. The summed E-state index contributed by atoms with van der Waals surface area (Å²) in [6, 6.07) is 3.74. The Hall–Kier alpha value is -1.95. The fraction of sp³-hybridized carbons (Fsp3) is 0.588. The van der Waals surface area contributed by atoms with Gasteiger partial charge in [-0.3, -0.25) is 4.79 Å². The molecule has 0 spiro atoms. The van der Waals surface area contributed by atoms with Crippen LogP contribution >= 0.6 is 0 Å². The summed E-state index contributed by atoms with van der Waals surface area (Å²) in [6.45, 7) is 1.39. The molecule has 1 N–H and O–H groups in total. The van der Waals surface area contributed by atoms with E-state index in [1.165, 1.54) is 0 Å². The number of aryl methyl sites for hydroxylation is 1. The molecule has 0 unspecified atom stereocenters. The molecule has 6 nitrogen and oxygen atoms in total. The van der Waals surface area contributed by atoms with E-state index < -0.39 is 0 Å². The van der Waals surface area contributed by atoms with E-state index in [0.717, 1.165) is 25.0 Å². The van der Waals surface area contributed by atoms with Gasteiger partial charge in [-0.25, -0.2) is 0 Å². The Morgan fingerprint density at radius 1 is 1.22 bits per heavy atom.